The number of aromatic amines is 1. The summed E-state index contributed by atoms with van der Waals surface area (Å²) in [5.41, 5.74) is 5.19. The fourth-order valence-corrected chi connectivity index (χ4v) is 5.48. The van der Waals surface area contributed by atoms with Gasteiger partial charge in [0.25, 0.3) is 5.91 Å². The molecule has 0 aliphatic heterocycles. The lowest BCUT2D eigenvalue weighted by Gasteiger charge is -2.23. The minimum atomic E-state index is 0.154. The molecule has 0 aromatic carbocycles. The molecule has 0 saturated heterocycles. The third-order valence-corrected chi connectivity index (χ3v) is 7.66. The van der Waals surface area contributed by atoms with E-state index in [2.05, 4.69) is 42.8 Å². The largest absolute Gasteiger partial charge is 0.342 e. The van der Waals surface area contributed by atoms with Crippen molar-refractivity contribution in [1.82, 2.24) is 29.0 Å². The molecule has 0 unspecified atom stereocenters. The average molecular weight is 450 g/mol. The predicted octanol–water partition coefficient (Wildman–Crippen LogP) is 3.95. The zero-order chi connectivity index (χ0) is 22.1. The molecule has 4 aromatic rings. The van der Waals surface area contributed by atoms with Crippen LogP contribution in [0.5, 0.6) is 0 Å². The molecule has 0 radical (unpaired) electrons. The summed E-state index contributed by atoms with van der Waals surface area (Å²) in [7, 11) is 2.01. The Morgan fingerprint density at radius 1 is 1.28 bits per heavy atom. The van der Waals surface area contributed by atoms with E-state index in [1.54, 1.807) is 17.7 Å². The van der Waals surface area contributed by atoms with Gasteiger partial charge in [0.05, 0.1) is 12.0 Å². The van der Waals surface area contributed by atoms with Crippen molar-refractivity contribution in [1.29, 1.82) is 0 Å². The third kappa shape index (κ3) is 2.94. The Labute approximate surface area is 189 Å². The maximum absolute atomic E-state index is 13.7. The van der Waals surface area contributed by atoms with E-state index in [0.717, 1.165) is 69.8 Å². The lowest BCUT2D eigenvalue weighted by Crippen LogP contribution is -2.36. The van der Waals surface area contributed by atoms with E-state index in [9.17, 15) is 4.79 Å². The van der Waals surface area contributed by atoms with E-state index in [0.29, 0.717) is 18.6 Å². The molecule has 4 aromatic heterocycles. The van der Waals surface area contributed by atoms with Gasteiger partial charge in [-0.25, -0.2) is 9.97 Å². The van der Waals surface area contributed by atoms with Crippen molar-refractivity contribution in [3.05, 3.63) is 34.1 Å². The molecule has 8 nitrogen and oxygen atoms in total. The van der Waals surface area contributed by atoms with Crippen LogP contribution in [0.1, 0.15) is 53.7 Å². The summed E-state index contributed by atoms with van der Waals surface area (Å²) < 4.78 is 4.20. The van der Waals surface area contributed by atoms with E-state index in [4.69, 9.17) is 4.99 Å². The number of hydrogen-bond acceptors (Lipinski definition) is 5. The summed E-state index contributed by atoms with van der Waals surface area (Å²) in [6.07, 6.45) is 6.21. The number of hydrogen-bond donors (Lipinski definition) is 1. The number of aryl methyl sites for hydroxylation is 4. The number of fused-ring (bicyclic) bond motifs is 3. The van der Waals surface area contributed by atoms with Gasteiger partial charge in [0.2, 0.25) is 5.13 Å². The number of rotatable bonds is 5. The predicted molar refractivity (Wildman–Crippen MR) is 125 cm³/mol. The van der Waals surface area contributed by atoms with Gasteiger partial charge in [0.1, 0.15) is 22.4 Å². The highest BCUT2D eigenvalue weighted by atomic mass is 32.1. The summed E-state index contributed by atoms with van der Waals surface area (Å²) in [5.74, 6) is 0.154. The minimum Gasteiger partial charge on any atom is -0.342 e. The Kier molecular flexibility index (Phi) is 4.33. The molecule has 0 bridgehead atoms. The summed E-state index contributed by atoms with van der Waals surface area (Å²) in [6, 6.07) is 2.86. The van der Waals surface area contributed by atoms with Crippen LogP contribution in [-0.4, -0.2) is 47.0 Å². The fourth-order valence-electron chi connectivity index (χ4n) is 4.70. The van der Waals surface area contributed by atoms with Gasteiger partial charge >= 0.3 is 0 Å². The normalized spacial score (nSPS) is 17.1. The van der Waals surface area contributed by atoms with Gasteiger partial charge in [-0.05, 0) is 52.5 Å². The molecule has 2 aliphatic rings. The third-order valence-electron chi connectivity index (χ3n) is 6.69. The van der Waals surface area contributed by atoms with Crippen LogP contribution in [-0.2, 0) is 13.6 Å². The van der Waals surface area contributed by atoms with Crippen molar-refractivity contribution in [2.45, 2.75) is 65.1 Å². The zero-order valence-electron chi connectivity index (χ0n) is 18.8. The van der Waals surface area contributed by atoms with Crippen LogP contribution in [0.25, 0.3) is 22.1 Å². The number of thiazole rings is 1. The average Bonchev–Trinajstić information content (AvgIpc) is 3.67. The van der Waals surface area contributed by atoms with Crippen molar-refractivity contribution in [3.8, 4) is 0 Å². The first-order valence-corrected chi connectivity index (χ1v) is 12.2. The van der Waals surface area contributed by atoms with Gasteiger partial charge in [-0.1, -0.05) is 11.3 Å². The number of aromatic nitrogens is 5. The van der Waals surface area contributed by atoms with Crippen molar-refractivity contribution < 1.29 is 4.79 Å². The second-order valence-corrected chi connectivity index (χ2v) is 10.1. The van der Waals surface area contributed by atoms with Crippen LogP contribution in [0, 0.1) is 13.8 Å². The molecule has 2 aliphatic carbocycles. The van der Waals surface area contributed by atoms with Crippen molar-refractivity contribution in [2.75, 3.05) is 0 Å². The molecule has 0 spiro atoms. The first-order valence-electron chi connectivity index (χ1n) is 11.3. The van der Waals surface area contributed by atoms with Gasteiger partial charge in [0, 0.05) is 35.9 Å². The number of nitrogens with one attached hydrogen (secondary N) is 1. The lowest BCUT2D eigenvalue weighted by molar-refractivity contribution is 0.0719. The number of nitrogens with zero attached hydrogens (tertiary/aromatic N) is 6. The first kappa shape index (κ1) is 19.7. The van der Waals surface area contributed by atoms with Crippen LogP contribution in [0.2, 0.25) is 0 Å². The molecule has 166 valence electrons. The van der Waals surface area contributed by atoms with Crippen LogP contribution in [0.3, 0.4) is 0 Å². The van der Waals surface area contributed by atoms with Gasteiger partial charge in [-0.3, -0.25) is 4.79 Å². The van der Waals surface area contributed by atoms with Crippen molar-refractivity contribution in [3.63, 3.8) is 0 Å². The summed E-state index contributed by atoms with van der Waals surface area (Å²) in [6.45, 7) is 6.86. The van der Waals surface area contributed by atoms with Crippen LogP contribution < -0.4 is 5.49 Å². The summed E-state index contributed by atoms with van der Waals surface area (Å²) >= 11 is 1.59. The number of imidazole rings is 1. The topological polar surface area (TPSA) is 84.1 Å². The second kappa shape index (κ2) is 7.03. The van der Waals surface area contributed by atoms with Crippen LogP contribution in [0.15, 0.2) is 17.4 Å². The van der Waals surface area contributed by atoms with E-state index in [-0.39, 0.29) is 5.91 Å². The fraction of sp³-hybridized carbons (Fsp3) is 0.478. The van der Waals surface area contributed by atoms with E-state index >= 15 is 0 Å². The number of carbonyl (C=O) groups excluding carboxylic acids is 1. The van der Waals surface area contributed by atoms with Crippen LogP contribution >= 0.6 is 11.3 Å². The quantitative estimate of drug-likeness (QED) is 0.501. The lowest BCUT2D eigenvalue weighted by atomic mass is 10.2. The molecule has 1 amide bonds. The molecule has 2 fully saturated rings. The Morgan fingerprint density at radius 3 is 2.59 bits per heavy atom. The maximum Gasteiger partial charge on any atom is 0.271 e. The number of pyridine rings is 1. The molecule has 32 heavy (non-hydrogen) atoms. The molecule has 2 saturated carbocycles. The standard InChI is InChI=1S/C23H27N7OS/c1-5-29-17(22(31)30(14-6-7-14)15-8-9-15)10-16-18-19(25-11-24-18)20(28(4)21(16)29)27-23-26-12(2)13(3)32-23/h10-11,14-15H,5-9H2,1-4H3,(H,24,25). The Morgan fingerprint density at radius 2 is 2.00 bits per heavy atom. The number of amides is 1. The molecular formula is C23H27N7OS. The Bertz CT molecular complexity index is 1410. The highest BCUT2D eigenvalue weighted by molar-refractivity contribution is 7.15. The SMILES string of the molecule is CCn1c(C(=O)N(C2CC2)C2CC2)cc2c3nc[nH]c3c(=Nc3nc(C)c(C)s3)n(C)c21. The molecule has 0 atom stereocenters. The van der Waals surface area contributed by atoms with Gasteiger partial charge in [-0.2, -0.15) is 4.99 Å². The summed E-state index contributed by atoms with van der Waals surface area (Å²) in [5, 5.41) is 1.70. The van der Waals surface area contributed by atoms with E-state index in [1.165, 1.54) is 4.88 Å². The highest BCUT2D eigenvalue weighted by Crippen LogP contribution is 2.39. The molecule has 4 heterocycles. The summed E-state index contributed by atoms with van der Waals surface area (Å²) in [4.78, 5) is 34.4. The van der Waals surface area contributed by atoms with Gasteiger partial charge in [0.15, 0.2) is 5.49 Å². The van der Waals surface area contributed by atoms with E-state index < -0.39 is 0 Å². The first-order chi connectivity index (χ1) is 15.5. The highest BCUT2D eigenvalue weighted by Gasteiger charge is 2.43. The monoisotopic (exact) mass is 449 g/mol. The maximum atomic E-state index is 13.7. The second-order valence-electron chi connectivity index (χ2n) is 8.94. The van der Waals surface area contributed by atoms with Crippen LogP contribution in [0.4, 0.5) is 5.13 Å². The molecular weight excluding hydrogens is 422 g/mol. The molecule has 1 N–H and O–H groups in total. The van der Waals surface area contributed by atoms with Gasteiger partial charge in [-0.15, -0.1) is 0 Å². The smallest absolute Gasteiger partial charge is 0.271 e. The van der Waals surface area contributed by atoms with Crippen molar-refractivity contribution in [2.24, 2.45) is 12.0 Å². The molecule has 9 heteroatoms. The van der Waals surface area contributed by atoms with Crippen molar-refractivity contribution >= 4 is 44.4 Å². The van der Waals surface area contributed by atoms with Gasteiger partial charge < -0.3 is 19.0 Å². The molecule has 6 rings (SSSR count). The Balaban J connectivity index is 1.61. The zero-order valence-corrected chi connectivity index (χ0v) is 19.7. The number of carbonyl (C=O) groups is 1. The Hall–Kier alpha value is -2.94. The number of H-pyrrole nitrogens is 1. The van der Waals surface area contributed by atoms with E-state index in [1.807, 2.05) is 20.0 Å². The minimum absolute atomic E-state index is 0.154.